The van der Waals surface area contributed by atoms with Crippen LogP contribution in [0.1, 0.15) is 19.3 Å². The molecule has 1 saturated heterocycles. The van der Waals surface area contributed by atoms with E-state index >= 15 is 0 Å². The second-order valence-corrected chi connectivity index (χ2v) is 5.99. The molecule has 0 aliphatic carbocycles. The number of aliphatic hydroxyl groups excluding tert-OH is 3. The first-order valence-electron chi connectivity index (χ1n) is 5.61. The summed E-state index contributed by atoms with van der Waals surface area (Å²) >= 11 is 0. The van der Waals surface area contributed by atoms with Crippen molar-refractivity contribution in [2.24, 2.45) is 0 Å². The largest absolute Gasteiger partial charge is 0.394 e. The highest BCUT2D eigenvalue weighted by molar-refractivity contribution is 7.87. The summed E-state index contributed by atoms with van der Waals surface area (Å²) in [6.45, 7) is -1.13. The van der Waals surface area contributed by atoms with Gasteiger partial charge in [-0.05, 0) is 12.8 Å². The van der Waals surface area contributed by atoms with Gasteiger partial charge in [0.1, 0.15) is 5.54 Å². The van der Waals surface area contributed by atoms with E-state index in [-0.39, 0.29) is 0 Å². The van der Waals surface area contributed by atoms with Crippen LogP contribution in [0.5, 0.6) is 0 Å². The van der Waals surface area contributed by atoms with Crippen molar-refractivity contribution < 1.29 is 23.7 Å². The van der Waals surface area contributed by atoms with Gasteiger partial charge in [-0.15, -0.1) is 0 Å². The maximum absolute atomic E-state index is 12.0. The summed E-state index contributed by atoms with van der Waals surface area (Å²) < 4.78 is 27.4. The Morgan fingerprint density at radius 2 is 1.47 bits per heavy atom. The molecule has 0 aromatic heterocycles. The van der Waals surface area contributed by atoms with Gasteiger partial charge >= 0.3 is 0 Å². The van der Waals surface area contributed by atoms with Gasteiger partial charge in [0.05, 0.1) is 19.8 Å². The summed E-state index contributed by atoms with van der Waals surface area (Å²) in [5.41, 5.74) is -1.60. The quantitative estimate of drug-likeness (QED) is 0.446. The molecule has 0 saturated carbocycles. The molecule has 17 heavy (non-hydrogen) atoms. The van der Waals surface area contributed by atoms with Gasteiger partial charge < -0.3 is 15.3 Å². The van der Waals surface area contributed by atoms with Gasteiger partial charge in [0.15, 0.2) is 0 Å². The number of nitrogens with zero attached hydrogens (tertiary/aromatic N) is 1. The topological polar surface area (TPSA) is 110 Å². The smallest absolute Gasteiger partial charge is 0.280 e. The Kier molecular flexibility index (Phi) is 5.29. The van der Waals surface area contributed by atoms with E-state index in [0.29, 0.717) is 13.1 Å². The molecule has 0 aromatic rings. The lowest BCUT2D eigenvalue weighted by Gasteiger charge is -2.33. The first-order valence-corrected chi connectivity index (χ1v) is 7.05. The second kappa shape index (κ2) is 6.07. The molecular weight excluding hydrogens is 248 g/mol. The van der Waals surface area contributed by atoms with Gasteiger partial charge in [0.2, 0.25) is 0 Å². The minimum Gasteiger partial charge on any atom is -0.394 e. The molecule has 1 aliphatic rings. The van der Waals surface area contributed by atoms with Gasteiger partial charge in [0.25, 0.3) is 10.2 Å². The number of nitrogens with one attached hydrogen (secondary N) is 1. The van der Waals surface area contributed by atoms with Crippen LogP contribution in [0.3, 0.4) is 0 Å². The van der Waals surface area contributed by atoms with E-state index in [1.54, 1.807) is 0 Å². The molecule has 0 aromatic carbocycles. The van der Waals surface area contributed by atoms with E-state index in [2.05, 4.69) is 4.72 Å². The van der Waals surface area contributed by atoms with Crippen LogP contribution in [-0.2, 0) is 10.2 Å². The van der Waals surface area contributed by atoms with Crippen LogP contribution < -0.4 is 4.72 Å². The van der Waals surface area contributed by atoms with Crippen molar-refractivity contribution in [2.75, 3.05) is 32.9 Å². The fraction of sp³-hybridized carbons (Fsp3) is 1.00. The number of aliphatic hydroxyl groups is 3. The number of piperidine rings is 1. The molecule has 7 nitrogen and oxygen atoms in total. The van der Waals surface area contributed by atoms with Gasteiger partial charge in [-0.25, -0.2) is 0 Å². The first-order chi connectivity index (χ1) is 7.99. The third-order valence-corrected chi connectivity index (χ3v) is 4.64. The molecule has 0 unspecified atom stereocenters. The van der Waals surface area contributed by atoms with Crippen molar-refractivity contribution in [2.45, 2.75) is 24.8 Å². The summed E-state index contributed by atoms with van der Waals surface area (Å²) in [6.07, 6.45) is 2.59. The maximum atomic E-state index is 12.0. The van der Waals surface area contributed by atoms with Crippen molar-refractivity contribution in [1.29, 1.82) is 0 Å². The van der Waals surface area contributed by atoms with Gasteiger partial charge in [-0.3, -0.25) is 0 Å². The summed E-state index contributed by atoms with van der Waals surface area (Å²) in [5.74, 6) is 0. The van der Waals surface area contributed by atoms with E-state index in [4.69, 9.17) is 15.3 Å². The van der Waals surface area contributed by atoms with Crippen LogP contribution >= 0.6 is 0 Å². The molecule has 1 heterocycles. The van der Waals surface area contributed by atoms with Crippen molar-refractivity contribution in [3.8, 4) is 0 Å². The van der Waals surface area contributed by atoms with Gasteiger partial charge in [0, 0.05) is 13.1 Å². The molecule has 102 valence electrons. The second-order valence-electron chi connectivity index (χ2n) is 4.32. The van der Waals surface area contributed by atoms with Gasteiger partial charge in [-0.2, -0.15) is 17.4 Å². The van der Waals surface area contributed by atoms with E-state index in [1.807, 2.05) is 0 Å². The highest BCUT2D eigenvalue weighted by atomic mass is 32.2. The van der Waals surface area contributed by atoms with Crippen LogP contribution in [0.15, 0.2) is 0 Å². The lowest BCUT2D eigenvalue weighted by molar-refractivity contribution is 0.0567. The fourth-order valence-corrected chi connectivity index (χ4v) is 3.30. The maximum Gasteiger partial charge on any atom is 0.280 e. The SMILES string of the molecule is O=S(=O)(NC(CO)(CO)CO)N1CCCCC1. The Balaban J connectivity index is 2.76. The van der Waals surface area contributed by atoms with Crippen LogP contribution in [0.2, 0.25) is 0 Å². The number of hydrogen-bond donors (Lipinski definition) is 4. The normalized spacial score (nSPS) is 19.5. The predicted octanol–water partition coefficient (Wildman–Crippen LogP) is -1.98. The lowest BCUT2D eigenvalue weighted by atomic mass is 10.1. The predicted molar refractivity (Wildman–Crippen MR) is 61.5 cm³/mol. The molecule has 4 N–H and O–H groups in total. The highest BCUT2D eigenvalue weighted by Gasteiger charge is 2.36. The first kappa shape index (κ1) is 14.8. The van der Waals surface area contributed by atoms with Crippen molar-refractivity contribution in [3.05, 3.63) is 0 Å². The van der Waals surface area contributed by atoms with Crippen molar-refractivity contribution in [1.82, 2.24) is 9.03 Å². The number of hydrogen-bond acceptors (Lipinski definition) is 5. The monoisotopic (exact) mass is 268 g/mol. The standard InChI is InChI=1S/C9H20N2O5S/c12-6-9(7-13,8-14)10-17(15,16)11-4-2-1-3-5-11/h10,12-14H,1-8H2. The Hall–Kier alpha value is -0.250. The third kappa shape index (κ3) is 3.60. The molecular formula is C9H20N2O5S. The lowest BCUT2D eigenvalue weighted by Crippen LogP contribution is -2.60. The molecule has 1 rings (SSSR count). The average molecular weight is 268 g/mol. The van der Waals surface area contributed by atoms with E-state index in [1.165, 1.54) is 4.31 Å². The number of rotatable bonds is 6. The molecule has 0 bridgehead atoms. The zero-order valence-electron chi connectivity index (χ0n) is 9.67. The van der Waals surface area contributed by atoms with E-state index in [9.17, 15) is 8.42 Å². The summed E-state index contributed by atoms with van der Waals surface area (Å²) in [6, 6.07) is 0. The highest BCUT2D eigenvalue weighted by Crippen LogP contribution is 2.14. The molecule has 0 spiro atoms. The third-order valence-electron chi connectivity index (χ3n) is 2.91. The van der Waals surface area contributed by atoms with Crippen LogP contribution in [0.25, 0.3) is 0 Å². The van der Waals surface area contributed by atoms with E-state index < -0.39 is 35.6 Å². The van der Waals surface area contributed by atoms with Crippen molar-refractivity contribution in [3.63, 3.8) is 0 Å². The summed E-state index contributed by atoms with van der Waals surface area (Å²) in [5, 5.41) is 27.2. The van der Waals surface area contributed by atoms with Crippen molar-refractivity contribution >= 4 is 10.2 Å². The Labute approximate surface area is 101 Å². The zero-order valence-corrected chi connectivity index (χ0v) is 10.5. The molecule has 0 radical (unpaired) electrons. The van der Waals surface area contributed by atoms with E-state index in [0.717, 1.165) is 19.3 Å². The van der Waals surface area contributed by atoms with Crippen LogP contribution in [0.4, 0.5) is 0 Å². The van der Waals surface area contributed by atoms with Gasteiger partial charge in [-0.1, -0.05) is 6.42 Å². The minimum absolute atomic E-state index is 0.424. The van der Waals surface area contributed by atoms with Crippen LogP contribution in [-0.4, -0.2) is 66.5 Å². The fourth-order valence-electron chi connectivity index (χ4n) is 1.69. The average Bonchev–Trinajstić information content (AvgIpc) is 2.37. The molecule has 0 atom stereocenters. The molecule has 1 aliphatic heterocycles. The summed E-state index contributed by atoms with van der Waals surface area (Å²) in [4.78, 5) is 0. The summed E-state index contributed by atoms with van der Waals surface area (Å²) in [7, 11) is -3.77. The van der Waals surface area contributed by atoms with Crippen LogP contribution in [0, 0.1) is 0 Å². The molecule has 1 fully saturated rings. The Morgan fingerprint density at radius 3 is 1.88 bits per heavy atom. The Bertz CT molecular complexity index is 314. The Morgan fingerprint density at radius 1 is 1.00 bits per heavy atom. The molecule has 0 amide bonds. The molecule has 8 heteroatoms. The minimum atomic E-state index is -3.77. The zero-order chi connectivity index (χ0) is 12.9.